The molecule has 1 aliphatic heterocycles. The number of methoxy groups -OCH3 is 3. The molecular weight excluding hydrogens is 426 g/mol. The lowest BCUT2D eigenvalue weighted by atomic mass is 9.98. The normalized spacial score (nSPS) is 17.3. The first-order chi connectivity index (χ1) is 15.9. The lowest BCUT2D eigenvalue weighted by Crippen LogP contribution is -2.29. The van der Waals surface area contributed by atoms with Crippen molar-refractivity contribution >= 4 is 23.1 Å². The molecule has 3 aromatic rings. The van der Waals surface area contributed by atoms with E-state index in [-0.39, 0.29) is 11.1 Å². The van der Waals surface area contributed by atoms with Gasteiger partial charge in [-0.2, -0.15) is 0 Å². The van der Waals surface area contributed by atoms with Crippen LogP contribution in [0.25, 0.3) is 5.76 Å². The Hall–Kier alpha value is -4.20. The summed E-state index contributed by atoms with van der Waals surface area (Å²) in [6.07, 6.45) is 0. The molecule has 1 saturated heterocycles. The lowest BCUT2D eigenvalue weighted by Gasteiger charge is -2.25. The number of hydrogen-bond donors (Lipinski definition) is 1. The summed E-state index contributed by atoms with van der Waals surface area (Å²) in [7, 11) is 4.40. The molecule has 4 rings (SSSR count). The molecule has 0 radical (unpaired) electrons. The summed E-state index contributed by atoms with van der Waals surface area (Å²) in [5.41, 5.74) is 0.452. The first kappa shape index (κ1) is 22.0. The van der Waals surface area contributed by atoms with Crippen molar-refractivity contribution in [2.24, 2.45) is 0 Å². The predicted molar refractivity (Wildman–Crippen MR) is 121 cm³/mol. The van der Waals surface area contributed by atoms with Gasteiger partial charge in [0.1, 0.15) is 40.6 Å². The van der Waals surface area contributed by atoms with Gasteiger partial charge in [0.2, 0.25) is 0 Å². The van der Waals surface area contributed by atoms with E-state index in [9.17, 15) is 14.7 Å². The number of ether oxygens (including phenoxy) is 3. The average molecular weight is 449 g/mol. The fourth-order valence-electron chi connectivity index (χ4n) is 3.92. The minimum Gasteiger partial charge on any atom is -0.507 e. The van der Waals surface area contributed by atoms with Gasteiger partial charge in [-0.1, -0.05) is 12.1 Å². The Morgan fingerprint density at radius 3 is 2.30 bits per heavy atom. The number of hydrogen-bond acceptors (Lipinski definition) is 7. The van der Waals surface area contributed by atoms with Crippen LogP contribution in [0.4, 0.5) is 5.69 Å². The van der Waals surface area contributed by atoms with Crippen LogP contribution in [0, 0.1) is 6.92 Å². The Kier molecular flexibility index (Phi) is 5.83. The Bertz CT molecular complexity index is 1260. The van der Waals surface area contributed by atoms with Crippen molar-refractivity contribution in [1.29, 1.82) is 0 Å². The molecule has 2 aromatic carbocycles. The summed E-state index contributed by atoms with van der Waals surface area (Å²) in [5.74, 6) is -0.0139. The zero-order valence-corrected chi connectivity index (χ0v) is 18.6. The van der Waals surface area contributed by atoms with Crippen LogP contribution in [0.5, 0.6) is 17.2 Å². The van der Waals surface area contributed by atoms with E-state index < -0.39 is 23.5 Å². The maximum absolute atomic E-state index is 13.3. The Balaban J connectivity index is 2.00. The van der Waals surface area contributed by atoms with Crippen LogP contribution >= 0.6 is 0 Å². The number of ketones is 1. The Morgan fingerprint density at radius 2 is 1.67 bits per heavy atom. The number of aryl methyl sites for hydroxylation is 1. The molecule has 1 atom stereocenters. The highest BCUT2D eigenvalue weighted by molar-refractivity contribution is 6.51. The first-order valence-electron chi connectivity index (χ1n) is 10.1. The van der Waals surface area contributed by atoms with Gasteiger partial charge in [0.25, 0.3) is 11.7 Å². The molecule has 1 N–H and O–H groups in total. The monoisotopic (exact) mass is 449 g/mol. The molecule has 1 fully saturated rings. The lowest BCUT2D eigenvalue weighted by molar-refractivity contribution is -0.132. The van der Waals surface area contributed by atoms with Gasteiger partial charge in [0, 0.05) is 0 Å². The molecule has 8 heteroatoms. The van der Waals surface area contributed by atoms with E-state index in [1.807, 2.05) is 0 Å². The number of Topliss-reactive ketones (excluding diaryl/α,β-unsaturated/α-hetero) is 1. The largest absolute Gasteiger partial charge is 0.507 e. The number of aliphatic hydroxyl groups excluding tert-OH is 1. The van der Waals surface area contributed by atoms with Gasteiger partial charge in [-0.25, -0.2) is 0 Å². The highest BCUT2D eigenvalue weighted by atomic mass is 16.5. The van der Waals surface area contributed by atoms with E-state index in [1.165, 1.54) is 32.3 Å². The van der Waals surface area contributed by atoms with Crippen LogP contribution < -0.4 is 19.1 Å². The van der Waals surface area contributed by atoms with E-state index >= 15 is 0 Å². The van der Waals surface area contributed by atoms with Crippen molar-refractivity contribution in [3.8, 4) is 17.2 Å². The summed E-state index contributed by atoms with van der Waals surface area (Å²) in [4.78, 5) is 27.8. The number of carbonyl (C=O) groups is 2. The second-order valence-corrected chi connectivity index (χ2v) is 7.36. The number of anilines is 1. The van der Waals surface area contributed by atoms with Crippen molar-refractivity contribution in [3.05, 3.63) is 77.3 Å². The second-order valence-electron chi connectivity index (χ2n) is 7.36. The number of amides is 1. The number of rotatable bonds is 6. The molecule has 1 aliphatic rings. The van der Waals surface area contributed by atoms with Crippen molar-refractivity contribution in [1.82, 2.24) is 0 Å². The molecule has 1 amide bonds. The minimum absolute atomic E-state index is 0.133. The number of benzene rings is 2. The molecule has 1 unspecified atom stereocenters. The standard InChI is InChI=1S/C25H23NO7/c1-14-9-11-20(33-14)22-21(23(27)16-13-15(30-2)10-12-18(16)31-3)24(28)25(29)26(22)17-7-5-6-8-19(17)32-4/h5-13,22,27H,1-4H3/b23-21+. The Labute approximate surface area is 190 Å². The molecule has 0 spiro atoms. The van der Waals surface area contributed by atoms with E-state index in [2.05, 4.69) is 0 Å². The maximum atomic E-state index is 13.3. The van der Waals surface area contributed by atoms with Crippen LogP contribution in [0.15, 0.2) is 64.6 Å². The molecule has 33 heavy (non-hydrogen) atoms. The van der Waals surface area contributed by atoms with Gasteiger partial charge in [-0.15, -0.1) is 0 Å². The molecular formula is C25H23NO7. The maximum Gasteiger partial charge on any atom is 0.300 e. The fraction of sp³-hybridized carbons (Fsp3) is 0.200. The van der Waals surface area contributed by atoms with Crippen LogP contribution in [0.1, 0.15) is 23.1 Å². The third-order valence-electron chi connectivity index (χ3n) is 5.48. The first-order valence-corrected chi connectivity index (χ1v) is 10.1. The molecule has 1 aromatic heterocycles. The quantitative estimate of drug-likeness (QED) is 0.341. The fourth-order valence-corrected chi connectivity index (χ4v) is 3.92. The summed E-state index contributed by atoms with van der Waals surface area (Å²) < 4.78 is 21.9. The number of nitrogens with zero attached hydrogens (tertiary/aromatic N) is 1. The van der Waals surface area contributed by atoms with Crippen molar-refractivity contribution in [2.75, 3.05) is 26.2 Å². The molecule has 2 heterocycles. The zero-order valence-electron chi connectivity index (χ0n) is 18.6. The highest BCUT2D eigenvalue weighted by Gasteiger charge is 2.49. The van der Waals surface area contributed by atoms with Crippen molar-refractivity contribution in [2.45, 2.75) is 13.0 Å². The van der Waals surface area contributed by atoms with Gasteiger partial charge in [0.15, 0.2) is 0 Å². The smallest absolute Gasteiger partial charge is 0.300 e. The van der Waals surface area contributed by atoms with Crippen molar-refractivity contribution < 1.29 is 33.3 Å². The van der Waals surface area contributed by atoms with E-state index in [0.717, 1.165) is 0 Å². The van der Waals surface area contributed by atoms with Crippen LogP contribution in [0.2, 0.25) is 0 Å². The summed E-state index contributed by atoms with van der Waals surface area (Å²) in [6.45, 7) is 1.75. The third kappa shape index (κ3) is 3.69. The van der Waals surface area contributed by atoms with Crippen molar-refractivity contribution in [3.63, 3.8) is 0 Å². The second kappa shape index (κ2) is 8.74. The Morgan fingerprint density at radius 1 is 0.939 bits per heavy atom. The number of aliphatic hydroxyl groups is 1. The molecule has 0 saturated carbocycles. The van der Waals surface area contributed by atoms with Crippen LogP contribution in [-0.2, 0) is 9.59 Å². The van der Waals surface area contributed by atoms with E-state index in [0.29, 0.717) is 34.5 Å². The van der Waals surface area contributed by atoms with Gasteiger partial charge in [-0.05, 0) is 49.4 Å². The summed E-state index contributed by atoms with van der Waals surface area (Å²) in [6, 6.07) is 14.0. The van der Waals surface area contributed by atoms with Gasteiger partial charge in [-0.3, -0.25) is 14.5 Å². The predicted octanol–water partition coefficient (Wildman–Crippen LogP) is 4.24. The van der Waals surface area contributed by atoms with E-state index in [4.69, 9.17) is 18.6 Å². The van der Waals surface area contributed by atoms with Gasteiger partial charge >= 0.3 is 0 Å². The number of carbonyl (C=O) groups excluding carboxylic acids is 2. The average Bonchev–Trinajstić information content (AvgIpc) is 3.38. The minimum atomic E-state index is -1.02. The molecule has 170 valence electrons. The molecule has 8 nitrogen and oxygen atoms in total. The molecule has 0 bridgehead atoms. The van der Waals surface area contributed by atoms with Gasteiger partial charge < -0.3 is 23.7 Å². The molecule has 0 aliphatic carbocycles. The van der Waals surface area contributed by atoms with E-state index in [1.54, 1.807) is 55.5 Å². The number of para-hydroxylation sites is 2. The highest BCUT2D eigenvalue weighted by Crippen LogP contribution is 2.46. The summed E-state index contributed by atoms with van der Waals surface area (Å²) >= 11 is 0. The SMILES string of the molecule is COc1ccc(OC)c(/C(O)=C2\C(=O)C(=O)N(c3ccccc3OC)C2c2ccc(C)o2)c1. The van der Waals surface area contributed by atoms with Crippen LogP contribution in [-0.4, -0.2) is 38.1 Å². The summed E-state index contributed by atoms with van der Waals surface area (Å²) in [5, 5.41) is 11.3. The topological polar surface area (TPSA) is 98.4 Å². The van der Waals surface area contributed by atoms with Gasteiger partial charge in [0.05, 0.1) is 38.2 Å². The third-order valence-corrected chi connectivity index (χ3v) is 5.48. The number of furan rings is 1. The zero-order chi connectivity index (χ0) is 23.7. The van der Waals surface area contributed by atoms with Crippen LogP contribution in [0.3, 0.4) is 0 Å².